The Morgan fingerprint density at radius 3 is 2.70 bits per heavy atom. The molecule has 3 heterocycles. The Hall–Kier alpha value is -4.47. The quantitative estimate of drug-likeness (QED) is 0.258. The summed E-state index contributed by atoms with van der Waals surface area (Å²) in [5.41, 5.74) is 1.49. The first-order valence-corrected chi connectivity index (χ1v) is 12.6. The highest BCUT2D eigenvalue weighted by Gasteiger charge is 2.31. The Kier molecular flexibility index (Phi) is 8.98. The number of hydrogen-bond donors (Lipinski definition) is 2. The average Bonchev–Trinajstić information content (AvgIpc) is 3.56. The van der Waals surface area contributed by atoms with Gasteiger partial charge in [-0.05, 0) is 41.8 Å². The minimum atomic E-state index is -4.81. The van der Waals surface area contributed by atoms with Crippen molar-refractivity contribution in [1.82, 2.24) is 35.5 Å². The first-order valence-electron chi connectivity index (χ1n) is 11.8. The van der Waals surface area contributed by atoms with Crippen LogP contribution in [-0.4, -0.2) is 61.6 Å². The van der Waals surface area contributed by atoms with E-state index in [1.807, 2.05) is 0 Å². The van der Waals surface area contributed by atoms with E-state index in [0.717, 1.165) is 11.3 Å². The molecule has 4 aromatic rings. The van der Waals surface area contributed by atoms with Crippen LogP contribution in [-0.2, 0) is 24.2 Å². The summed E-state index contributed by atoms with van der Waals surface area (Å²) in [5, 5.41) is 21.1. The summed E-state index contributed by atoms with van der Waals surface area (Å²) in [4.78, 5) is 28.2. The number of anilines is 1. The number of benzene rings is 1. The molecule has 0 radical (unpaired) electrons. The van der Waals surface area contributed by atoms with Gasteiger partial charge in [0.15, 0.2) is 5.69 Å². The maximum atomic E-state index is 14.4. The van der Waals surface area contributed by atoms with Crippen molar-refractivity contribution in [2.24, 2.45) is 0 Å². The van der Waals surface area contributed by atoms with Gasteiger partial charge >= 0.3 is 6.36 Å². The number of carbonyl (C=O) groups excluding carboxylic acids is 2. The molecule has 0 saturated carbocycles. The molecule has 0 spiro atoms. The zero-order valence-corrected chi connectivity index (χ0v) is 21.7. The number of alkyl halides is 4. The zero-order chi connectivity index (χ0) is 28.7. The van der Waals surface area contributed by atoms with E-state index in [1.165, 1.54) is 42.3 Å². The van der Waals surface area contributed by atoms with Crippen LogP contribution in [0.3, 0.4) is 0 Å². The molecule has 16 heteroatoms. The molecule has 4 rings (SSSR count). The Morgan fingerprint density at radius 1 is 1.12 bits per heavy atom. The monoisotopic (exact) mass is 578 g/mol. The van der Waals surface area contributed by atoms with Gasteiger partial charge in [0.1, 0.15) is 16.9 Å². The lowest BCUT2D eigenvalue weighted by Gasteiger charge is -2.10. The number of rotatable bonds is 11. The van der Waals surface area contributed by atoms with Crippen LogP contribution < -0.4 is 15.4 Å². The molecule has 0 aliphatic heterocycles. The molecule has 3 aromatic heterocycles. The molecule has 11 nitrogen and oxygen atoms in total. The molecule has 1 unspecified atom stereocenters. The third-order valence-corrected chi connectivity index (χ3v) is 6.23. The van der Waals surface area contributed by atoms with Crippen LogP contribution in [0.2, 0.25) is 0 Å². The second-order valence-corrected chi connectivity index (χ2v) is 9.44. The van der Waals surface area contributed by atoms with Crippen LogP contribution in [0.5, 0.6) is 5.75 Å². The standard InChI is InChI=1S/C24H22F4N8O3S/c1-29-22(38)19-13-36(35-32-19)12-16(25)5-6-21-33-34-23(40-21)31-20(37)11-17-9-15(7-8-30-17)14-3-2-4-18(10-14)39-24(26,27)28/h2-4,7-10,13,16H,5-6,11-12H2,1H3,(H,29,38)(H,31,34,37). The minimum Gasteiger partial charge on any atom is -0.406 e. The van der Waals surface area contributed by atoms with Crippen LogP contribution in [0, 0.1) is 0 Å². The van der Waals surface area contributed by atoms with Crippen molar-refractivity contribution < 1.29 is 31.9 Å². The van der Waals surface area contributed by atoms with E-state index in [9.17, 15) is 27.2 Å². The maximum Gasteiger partial charge on any atom is 0.573 e. The molecule has 2 N–H and O–H groups in total. The van der Waals surface area contributed by atoms with Gasteiger partial charge in [0, 0.05) is 19.7 Å². The van der Waals surface area contributed by atoms with Crippen molar-refractivity contribution in [1.29, 1.82) is 0 Å². The molecule has 0 aliphatic carbocycles. The molecular formula is C24H22F4N8O3S. The van der Waals surface area contributed by atoms with Crippen LogP contribution in [0.25, 0.3) is 11.1 Å². The summed E-state index contributed by atoms with van der Waals surface area (Å²) in [7, 11) is 1.45. The number of hydrogen-bond acceptors (Lipinski definition) is 9. The van der Waals surface area contributed by atoms with Crippen LogP contribution >= 0.6 is 11.3 Å². The van der Waals surface area contributed by atoms with Crippen LogP contribution in [0.1, 0.15) is 27.6 Å². The predicted octanol–water partition coefficient (Wildman–Crippen LogP) is 3.60. The van der Waals surface area contributed by atoms with Crippen molar-refractivity contribution in [2.45, 2.75) is 38.3 Å². The summed E-state index contributed by atoms with van der Waals surface area (Å²) in [6, 6.07) is 8.67. The van der Waals surface area contributed by atoms with Crippen molar-refractivity contribution in [3.63, 3.8) is 0 Å². The fourth-order valence-electron chi connectivity index (χ4n) is 3.55. The number of amides is 2. The fourth-order valence-corrected chi connectivity index (χ4v) is 4.33. The Morgan fingerprint density at radius 2 is 1.93 bits per heavy atom. The van der Waals surface area contributed by atoms with Gasteiger partial charge in [-0.25, -0.2) is 9.07 Å². The average molecular weight is 579 g/mol. The lowest BCUT2D eigenvalue weighted by atomic mass is 10.1. The van der Waals surface area contributed by atoms with Gasteiger partial charge in [-0.2, -0.15) is 0 Å². The van der Waals surface area contributed by atoms with Gasteiger partial charge < -0.3 is 15.4 Å². The van der Waals surface area contributed by atoms with Crippen LogP contribution in [0.15, 0.2) is 48.8 Å². The van der Waals surface area contributed by atoms with E-state index in [4.69, 9.17) is 0 Å². The van der Waals surface area contributed by atoms with E-state index in [1.54, 1.807) is 18.2 Å². The first kappa shape index (κ1) is 28.5. The normalized spacial score (nSPS) is 12.1. The summed E-state index contributed by atoms with van der Waals surface area (Å²) in [6.45, 7) is -0.0852. The van der Waals surface area contributed by atoms with Gasteiger partial charge in [0.05, 0.1) is 24.9 Å². The number of nitrogens with zero attached hydrogens (tertiary/aromatic N) is 6. The lowest BCUT2D eigenvalue weighted by Crippen LogP contribution is -2.18. The van der Waals surface area contributed by atoms with Gasteiger partial charge in [-0.3, -0.25) is 14.6 Å². The second-order valence-electron chi connectivity index (χ2n) is 8.38. The van der Waals surface area contributed by atoms with Crippen LogP contribution in [0.4, 0.5) is 22.7 Å². The maximum absolute atomic E-state index is 14.4. The number of nitrogens with one attached hydrogen (secondary N) is 2. The first-order chi connectivity index (χ1) is 19.1. The molecule has 40 heavy (non-hydrogen) atoms. The number of ether oxygens (including phenoxy) is 1. The number of aryl methyl sites for hydroxylation is 1. The summed E-state index contributed by atoms with van der Waals surface area (Å²) < 4.78 is 57.2. The highest BCUT2D eigenvalue weighted by atomic mass is 32.1. The van der Waals surface area contributed by atoms with Crippen molar-refractivity contribution in [3.8, 4) is 16.9 Å². The fraction of sp³-hybridized carbons (Fsp3) is 0.292. The summed E-state index contributed by atoms with van der Waals surface area (Å²) >= 11 is 1.10. The van der Waals surface area contributed by atoms with E-state index in [0.29, 0.717) is 21.8 Å². The predicted molar refractivity (Wildman–Crippen MR) is 135 cm³/mol. The number of pyridine rings is 1. The zero-order valence-electron chi connectivity index (χ0n) is 20.9. The number of carbonyl (C=O) groups is 2. The largest absolute Gasteiger partial charge is 0.573 e. The summed E-state index contributed by atoms with van der Waals surface area (Å²) in [6.07, 6.45) is -3.02. The third-order valence-electron chi connectivity index (χ3n) is 5.33. The number of halogens is 4. The molecular weight excluding hydrogens is 556 g/mol. The molecule has 0 aliphatic rings. The SMILES string of the molecule is CNC(=O)c1cn(CC(F)CCc2nnc(NC(=O)Cc3cc(-c4cccc(OC(F)(F)F)c4)ccn3)s2)nn1. The highest BCUT2D eigenvalue weighted by molar-refractivity contribution is 7.15. The molecule has 1 atom stereocenters. The van der Waals surface area contributed by atoms with E-state index < -0.39 is 24.3 Å². The van der Waals surface area contributed by atoms with Gasteiger partial charge in [0.2, 0.25) is 11.0 Å². The van der Waals surface area contributed by atoms with E-state index in [2.05, 4.69) is 40.9 Å². The Balaban J connectivity index is 1.28. The molecule has 1 aromatic carbocycles. The second kappa shape index (κ2) is 12.6. The minimum absolute atomic E-state index is 0.0852. The summed E-state index contributed by atoms with van der Waals surface area (Å²) in [5.74, 6) is -1.21. The van der Waals surface area contributed by atoms with Crippen molar-refractivity contribution in [3.05, 3.63) is 65.2 Å². The van der Waals surface area contributed by atoms with Gasteiger partial charge in [-0.1, -0.05) is 28.7 Å². The molecule has 0 saturated heterocycles. The third kappa shape index (κ3) is 8.26. The Bertz CT molecular complexity index is 1480. The molecule has 210 valence electrons. The Labute approximate surface area is 228 Å². The highest BCUT2D eigenvalue weighted by Crippen LogP contribution is 2.28. The van der Waals surface area contributed by atoms with E-state index in [-0.39, 0.29) is 42.4 Å². The van der Waals surface area contributed by atoms with Gasteiger partial charge in [-0.15, -0.1) is 28.5 Å². The topological polar surface area (TPSA) is 137 Å². The van der Waals surface area contributed by atoms with Gasteiger partial charge in [0.25, 0.3) is 5.91 Å². The molecule has 2 amide bonds. The smallest absolute Gasteiger partial charge is 0.406 e. The lowest BCUT2D eigenvalue weighted by molar-refractivity contribution is -0.274. The number of aromatic nitrogens is 6. The van der Waals surface area contributed by atoms with E-state index >= 15 is 0 Å². The van der Waals surface area contributed by atoms with Crippen molar-refractivity contribution in [2.75, 3.05) is 12.4 Å². The molecule has 0 fully saturated rings. The van der Waals surface area contributed by atoms with Crippen molar-refractivity contribution >= 4 is 28.3 Å². The molecule has 0 bridgehead atoms.